The Hall–Kier alpha value is -1.32. The molecule has 8 heteroatoms. The fourth-order valence-corrected chi connectivity index (χ4v) is 3.59. The van der Waals surface area contributed by atoms with Crippen LogP contribution in [0.25, 0.3) is 0 Å². The molecule has 160 valence electrons. The molecule has 1 fully saturated rings. The quantitative estimate of drug-likeness (QED) is 0.321. The van der Waals surface area contributed by atoms with Crippen molar-refractivity contribution in [2.75, 3.05) is 26.7 Å². The van der Waals surface area contributed by atoms with E-state index in [1.54, 1.807) is 7.05 Å². The Balaban J connectivity index is 0.00000392. The Bertz CT molecular complexity index is 607. The van der Waals surface area contributed by atoms with Crippen molar-refractivity contribution in [3.63, 3.8) is 0 Å². The SMILES string of the molecule is CCNC(=NCc1cc(C(CC)CC)no1)N1CCC(CC(=O)NC)CC1.I. The fourth-order valence-electron chi connectivity index (χ4n) is 3.59. The minimum absolute atomic E-state index is 0. The highest BCUT2D eigenvalue weighted by Gasteiger charge is 2.23. The third-order valence-electron chi connectivity index (χ3n) is 5.37. The van der Waals surface area contributed by atoms with Crippen LogP contribution in [0, 0.1) is 5.92 Å². The number of guanidine groups is 1. The predicted octanol–water partition coefficient (Wildman–Crippen LogP) is 3.51. The number of halogens is 1. The molecule has 0 saturated carbocycles. The Morgan fingerprint density at radius 2 is 2.00 bits per heavy atom. The van der Waals surface area contributed by atoms with E-state index in [-0.39, 0.29) is 29.9 Å². The first-order valence-corrected chi connectivity index (χ1v) is 10.3. The van der Waals surface area contributed by atoms with E-state index in [2.05, 4.69) is 41.5 Å². The van der Waals surface area contributed by atoms with Crippen molar-refractivity contribution >= 4 is 35.8 Å². The van der Waals surface area contributed by atoms with Gasteiger partial charge >= 0.3 is 0 Å². The molecule has 0 unspecified atom stereocenters. The lowest BCUT2D eigenvalue weighted by atomic mass is 9.93. The normalized spacial score (nSPS) is 15.5. The monoisotopic (exact) mass is 505 g/mol. The smallest absolute Gasteiger partial charge is 0.220 e. The van der Waals surface area contributed by atoms with Gasteiger partial charge in [0.1, 0.15) is 6.54 Å². The number of rotatable bonds is 8. The van der Waals surface area contributed by atoms with E-state index in [0.717, 1.165) is 62.7 Å². The third kappa shape index (κ3) is 7.25. The van der Waals surface area contributed by atoms with Crippen molar-refractivity contribution in [2.45, 2.75) is 65.3 Å². The van der Waals surface area contributed by atoms with Crippen LogP contribution < -0.4 is 10.6 Å². The van der Waals surface area contributed by atoms with Gasteiger partial charge in [0.05, 0.1) is 5.69 Å². The molecule has 0 radical (unpaired) electrons. The molecule has 1 amide bonds. The first-order chi connectivity index (χ1) is 13.1. The summed E-state index contributed by atoms with van der Waals surface area (Å²) in [5.41, 5.74) is 1.03. The molecule has 0 aromatic carbocycles. The van der Waals surface area contributed by atoms with Crippen LogP contribution in [0.4, 0.5) is 0 Å². The average molecular weight is 505 g/mol. The number of hydrogen-bond donors (Lipinski definition) is 2. The van der Waals surface area contributed by atoms with Crippen molar-refractivity contribution < 1.29 is 9.32 Å². The summed E-state index contributed by atoms with van der Waals surface area (Å²) in [6, 6.07) is 2.04. The van der Waals surface area contributed by atoms with Crippen molar-refractivity contribution in [3.05, 3.63) is 17.5 Å². The van der Waals surface area contributed by atoms with Gasteiger partial charge in [-0.05, 0) is 38.5 Å². The van der Waals surface area contributed by atoms with Crippen molar-refractivity contribution in [3.8, 4) is 0 Å². The summed E-state index contributed by atoms with van der Waals surface area (Å²) in [6.07, 6.45) is 4.78. The molecule has 7 nitrogen and oxygen atoms in total. The van der Waals surface area contributed by atoms with Crippen LogP contribution in [-0.2, 0) is 11.3 Å². The van der Waals surface area contributed by atoms with E-state index in [4.69, 9.17) is 9.52 Å². The maximum atomic E-state index is 11.6. The average Bonchev–Trinajstić information content (AvgIpc) is 3.15. The molecule has 0 atom stereocenters. The third-order valence-corrected chi connectivity index (χ3v) is 5.37. The second-order valence-electron chi connectivity index (χ2n) is 7.21. The second-order valence-corrected chi connectivity index (χ2v) is 7.21. The fraction of sp³-hybridized carbons (Fsp3) is 0.750. The molecule has 2 N–H and O–H groups in total. The highest BCUT2D eigenvalue weighted by molar-refractivity contribution is 14.0. The molecule has 1 aromatic rings. The molecule has 1 saturated heterocycles. The van der Waals surface area contributed by atoms with Crippen LogP contribution in [0.1, 0.15) is 70.2 Å². The number of aliphatic imine (C=N–C) groups is 1. The van der Waals surface area contributed by atoms with Gasteiger partial charge in [-0.3, -0.25) is 4.79 Å². The van der Waals surface area contributed by atoms with E-state index >= 15 is 0 Å². The highest BCUT2D eigenvalue weighted by Crippen LogP contribution is 2.23. The number of nitrogens with zero attached hydrogens (tertiary/aromatic N) is 3. The van der Waals surface area contributed by atoms with Crippen molar-refractivity contribution in [1.29, 1.82) is 0 Å². The minimum atomic E-state index is 0. The summed E-state index contributed by atoms with van der Waals surface area (Å²) >= 11 is 0. The number of likely N-dealkylation sites (tertiary alicyclic amines) is 1. The topological polar surface area (TPSA) is 82.8 Å². The van der Waals surface area contributed by atoms with Crippen molar-refractivity contribution in [1.82, 2.24) is 20.7 Å². The lowest BCUT2D eigenvalue weighted by Gasteiger charge is -2.34. The van der Waals surface area contributed by atoms with Crippen LogP contribution in [-0.4, -0.2) is 48.6 Å². The van der Waals surface area contributed by atoms with E-state index in [9.17, 15) is 4.79 Å². The maximum Gasteiger partial charge on any atom is 0.220 e. The van der Waals surface area contributed by atoms with Crippen LogP contribution >= 0.6 is 24.0 Å². The summed E-state index contributed by atoms with van der Waals surface area (Å²) < 4.78 is 5.49. The molecule has 28 heavy (non-hydrogen) atoms. The minimum Gasteiger partial charge on any atom is -0.359 e. The van der Waals surface area contributed by atoms with Crippen LogP contribution in [0.15, 0.2) is 15.6 Å². The lowest BCUT2D eigenvalue weighted by Crippen LogP contribution is -2.46. The highest BCUT2D eigenvalue weighted by atomic mass is 127. The number of piperidine rings is 1. The van der Waals surface area contributed by atoms with Crippen LogP contribution in [0.3, 0.4) is 0 Å². The van der Waals surface area contributed by atoms with E-state index in [0.29, 0.717) is 24.8 Å². The Morgan fingerprint density at radius 1 is 1.32 bits per heavy atom. The largest absolute Gasteiger partial charge is 0.359 e. The predicted molar refractivity (Wildman–Crippen MR) is 123 cm³/mol. The van der Waals surface area contributed by atoms with Gasteiger partial charge in [0.2, 0.25) is 5.91 Å². The number of hydrogen-bond acceptors (Lipinski definition) is 4. The number of carbonyl (C=O) groups is 1. The zero-order valence-corrected chi connectivity index (χ0v) is 20.0. The van der Waals surface area contributed by atoms with Crippen molar-refractivity contribution in [2.24, 2.45) is 10.9 Å². The first-order valence-electron chi connectivity index (χ1n) is 10.3. The molecule has 0 aliphatic carbocycles. The summed E-state index contributed by atoms with van der Waals surface area (Å²) in [5, 5.41) is 10.3. The molecule has 1 aromatic heterocycles. The summed E-state index contributed by atoms with van der Waals surface area (Å²) in [4.78, 5) is 18.6. The van der Waals surface area contributed by atoms with Crippen LogP contribution in [0.5, 0.6) is 0 Å². The Labute approximate surface area is 186 Å². The maximum absolute atomic E-state index is 11.6. The molecule has 0 bridgehead atoms. The number of nitrogens with one attached hydrogen (secondary N) is 2. The summed E-state index contributed by atoms with van der Waals surface area (Å²) in [6.45, 7) is 9.59. The molecule has 2 heterocycles. The van der Waals surface area contributed by atoms with Gasteiger partial charge in [0.15, 0.2) is 11.7 Å². The van der Waals surface area contributed by atoms with Gasteiger partial charge in [-0.15, -0.1) is 24.0 Å². The molecule has 2 rings (SSSR count). The first kappa shape index (κ1) is 24.7. The summed E-state index contributed by atoms with van der Waals surface area (Å²) in [7, 11) is 1.70. The summed E-state index contributed by atoms with van der Waals surface area (Å²) in [5.74, 6) is 2.77. The van der Waals surface area contributed by atoms with E-state index in [1.165, 1.54) is 0 Å². The van der Waals surface area contributed by atoms with Gasteiger partial charge < -0.3 is 20.1 Å². The molecule has 1 aliphatic heterocycles. The standard InChI is InChI=1S/C20H35N5O2.HI/c1-5-16(6-2)18-13-17(27-24-18)14-23-20(22-7-3)25-10-8-15(9-11-25)12-19(26)21-4;/h13,15-16H,5-12,14H2,1-4H3,(H,21,26)(H,22,23);1H. The number of amides is 1. The van der Waals surface area contributed by atoms with Gasteiger partial charge in [0, 0.05) is 45.1 Å². The molecule has 1 aliphatic rings. The Kier molecular flexibility index (Phi) is 11.5. The molecular formula is C20H36IN5O2. The van der Waals surface area contributed by atoms with Gasteiger partial charge in [-0.25, -0.2) is 4.99 Å². The van der Waals surface area contributed by atoms with E-state index in [1.807, 2.05) is 6.07 Å². The van der Waals surface area contributed by atoms with Crippen LogP contribution in [0.2, 0.25) is 0 Å². The molecular weight excluding hydrogens is 469 g/mol. The lowest BCUT2D eigenvalue weighted by molar-refractivity contribution is -0.121. The van der Waals surface area contributed by atoms with Gasteiger partial charge in [-0.2, -0.15) is 0 Å². The van der Waals surface area contributed by atoms with Gasteiger partial charge in [0.25, 0.3) is 0 Å². The van der Waals surface area contributed by atoms with Gasteiger partial charge in [-0.1, -0.05) is 19.0 Å². The number of aromatic nitrogens is 1. The molecule has 0 spiro atoms. The zero-order valence-electron chi connectivity index (χ0n) is 17.7. The number of carbonyl (C=O) groups excluding carboxylic acids is 1. The second kappa shape index (κ2) is 13.0. The Morgan fingerprint density at radius 3 is 2.57 bits per heavy atom. The zero-order chi connectivity index (χ0) is 19.6. The van der Waals surface area contributed by atoms with E-state index < -0.39 is 0 Å².